The van der Waals surface area contributed by atoms with E-state index in [1.807, 2.05) is 54.9 Å². The molecule has 1 aromatic heterocycles. The molecule has 28 heavy (non-hydrogen) atoms. The fourth-order valence-corrected chi connectivity index (χ4v) is 4.39. The van der Waals surface area contributed by atoms with E-state index in [-0.39, 0.29) is 0 Å². The summed E-state index contributed by atoms with van der Waals surface area (Å²) >= 11 is 7.96. The van der Waals surface area contributed by atoms with Gasteiger partial charge in [0.2, 0.25) is 0 Å². The van der Waals surface area contributed by atoms with E-state index >= 15 is 0 Å². The molecule has 8 heteroatoms. The van der Waals surface area contributed by atoms with Gasteiger partial charge < -0.3 is 15.5 Å². The predicted molar refractivity (Wildman–Crippen MR) is 121 cm³/mol. The number of halogens is 1. The molecule has 1 saturated heterocycles. The molecule has 0 aliphatic carbocycles. The molecule has 0 radical (unpaired) electrons. The van der Waals surface area contributed by atoms with E-state index in [9.17, 15) is 0 Å². The van der Waals surface area contributed by atoms with Crippen LogP contribution in [0.1, 0.15) is 23.7 Å². The molecule has 152 valence electrons. The van der Waals surface area contributed by atoms with Gasteiger partial charge in [0.05, 0.1) is 11.9 Å². The van der Waals surface area contributed by atoms with Crippen LogP contribution >= 0.6 is 23.4 Å². The molecule has 1 aromatic carbocycles. The molecule has 1 aliphatic rings. The zero-order valence-electron chi connectivity index (χ0n) is 16.7. The van der Waals surface area contributed by atoms with Crippen molar-refractivity contribution in [3.8, 4) is 0 Å². The van der Waals surface area contributed by atoms with Crippen molar-refractivity contribution in [3.63, 3.8) is 0 Å². The van der Waals surface area contributed by atoms with E-state index in [1.54, 1.807) is 0 Å². The zero-order chi connectivity index (χ0) is 19.9. The van der Waals surface area contributed by atoms with E-state index < -0.39 is 0 Å². The Labute approximate surface area is 176 Å². The third-order valence-corrected chi connectivity index (χ3v) is 6.25. The first-order valence-corrected chi connectivity index (χ1v) is 11.2. The predicted octanol–water partition coefficient (Wildman–Crippen LogP) is 3.31. The van der Waals surface area contributed by atoms with Crippen LogP contribution in [0, 0.1) is 0 Å². The van der Waals surface area contributed by atoms with Gasteiger partial charge in [-0.25, -0.2) is 0 Å². The lowest BCUT2D eigenvalue weighted by Crippen LogP contribution is -2.51. The number of hydrogen-bond donors (Lipinski definition) is 2. The molecule has 6 nitrogen and oxygen atoms in total. The third-order valence-electron chi connectivity index (χ3n) is 5.00. The molecule has 2 unspecified atom stereocenters. The molecule has 1 fully saturated rings. The molecule has 1 aliphatic heterocycles. The highest BCUT2D eigenvalue weighted by molar-refractivity contribution is 7.98. The number of thioether (sulfide) groups is 1. The maximum Gasteiger partial charge on any atom is 0.191 e. The maximum absolute atomic E-state index is 6.15. The highest BCUT2D eigenvalue weighted by atomic mass is 35.5. The van der Waals surface area contributed by atoms with Crippen molar-refractivity contribution < 1.29 is 0 Å². The number of aryl methyl sites for hydroxylation is 1. The number of nitrogens with one attached hydrogen (secondary N) is 2. The van der Waals surface area contributed by atoms with E-state index in [1.165, 1.54) is 11.3 Å². The zero-order valence-corrected chi connectivity index (χ0v) is 18.3. The Balaban J connectivity index is 1.55. The summed E-state index contributed by atoms with van der Waals surface area (Å²) in [6.07, 6.45) is 8.42. The Morgan fingerprint density at radius 2 is 2.32 bits per heavy atom. The van der Waals surface area contributed by atoms with Gasteiger partial charge in [0.25, 0.3) is 0 Å². The summed E-state index contributed by atoms with van der Waals surface area (Å²) in [7, 11) is 3.78. The summed E-state index contributed by atoms with van der Waals surface area (Å²) in [6.45, 7) is 2.81. The number of aromatic nitrogens is 2. The molecule has 2 heterocycles. The van der Waals surface area contributed by atoms with Crippen molar-refractivity contribution in [1.29, 1.82) is 0 Å². The molecule has 0 amide bonds. The lowest BCUT2D eigenvalue weighted by atomic mass is 10.1. The van der Waals surface area contributed by atoms with Crippen LogP contribution < -0.4 is 15.5 Å². The standard InChI is InChI=1S/C20H29ClN6S/c1-22-20(23-12-19(28-3)15-6-4-7-16(21)10-15)25-17-8-5-9-27(13-17)18-11-24-26(2)14-18/h4,6-7,10-11,14,17,19H,5,8-9,12-13H2,1-3H3,(H2,22,23,25). The van der Waals surface area contributed by atoms with Crippen molar-refractivity contribution in [2.45, 2.75) is 24.1 Å². The van der Waals surface area contributed by atoms with E-state index in [0.717, 1.165) is 43.5 Å². The summed E-state index contributed by atoms with van der Waals surface area (Å²) in [5, 5.41) is 12.5. The Hall–Kier alpha value is -1.86. The fraction of sp³-hybridized carbons (Fsp3) is 0.500. The van der Waals surface area contributed by atoms with Gasteiger partial charge in [0.15, 0.2) is 5.96 Å². The Kier molecular flexibility index (Phi) is 7.50. The summed E-state index contributed by atoms with van der Waals surface area (Å²) in [5.41, 5.74) is 2.41. The van der Waals surface area contributed by atoms with Crippen molar-refractivity contribution >= 4 is 35.0 Å². The molecule has 0 bridgehead atoms. The lowest BCUT2D eigenvalue weighted by Gasteiger charge is -2.34. The number of anilines is 1. The van der Waals surface area contributed by atoms with Crippen molar-refractivity contribution in [3.05, 3.63) is 47.2 Å². The van der Waals surface area contributed by atoms with E-state index in [2.05, 4.69) is 44.1 Å². The normalized spacial score (nSPS) is 18.8. The average Bonchev–Trinajstić information content (AvgIpc) is 3.14. The van der Waals surface area contributed by atoms with Gasteiger partial charge in [-0.1, -0.05) is 23.7 Å². The smallest absolute Gasteiger partial charge is 0.191 e. The van der Waals surface area contributed by atoms with Crippen LogP contribution in [-0.4, -0.2) is 54.7 Å². The minimum absolute atomic E-state index is 0.315. The second-order valence-electron chi connectivity index (χ2n) is 7.03. The van der Waals surface area contributed by atoms with Crippen LogP contribution in [0.25, 0.3) is 0 Å². The number of aliphatic imine (C=N–C) groups is 1. The van der Waals surface area contributed by atoms with Crippen LogP contribution in [-0.2, 0) is 7.05 Å². The van der Waals surface area contributed by atoms with Gasteiger partial charge >= 0.3 is 0 Å². The molecule has 2 atom stereocenters. The third kappa shape index (κ3) is 5.58. The number of guanidine groups is 1. The minimum Gasteiger partial charge on any atom is -0.367 e. The van der Waals surface area contributed by atoms with Crippen LogP contribution in [0.5, 0.6) is 0 Å². The van der Waals surface area contributed by atoms with Crippen LogP contribution in [0.15, 0.2) is 41.7 Å². The van der Waals surface area contributed by atoms with E-state index in [4.69, 9.17) is 11.6 Å². The fourth-order valence-electron chi connectivity index (χ4n) is 3.52. The second kappa shape index (κ2) is 10.1. The Bertz CT molecular complexity index is 793. The van der Waals surface area contributed by atoms with Gasteiger partial charge in [0.1, 0.15) is 0 Å². The lowest BCUT2D eigenvalue weighted by molar-refractivity contribution is 0.468. The van der Waals surface area contributed by atoms with Crippen molar-refractivity contribution in [2.24, 2.45) is 12.0 Å². The Morgan fingerprint density at radius 1 is 1.46 bits per heavy atom. The molecule has 2 aromatic rings. The van der Waals surface area contributed by atoms with Gasteiger partial charge in [-0.15, -0.1) is 0 Å². The molecule has 0 spiro atoms. The molecule has 0 saturated carbocycles. The Morgan fingerprint density at radius 3 is 3.00 bits per heavy atom. The molecular weight excluding hydrogens is 392 g/mol. The van der Waals surface area contributed by atoms with Gasteiger partial charge in [0, 0.05) is 56.2 Å². The van der Waals surface area contributed by atoms with Gasteiger partial charge in [-0.2, -0.15) is 16.9 Å². The first-order valence-electron chi connectivity index (χ1n) is 9.58. The van der Waals surface area contributed by atoms with Crippen LogP contribution in [0.3, 0.4) is 0 Å². The summed E-state index contributed by atoms with van der Waals surface area (Å²) in [4.78, 5) is 6.81. The van der Waals surface area contributed by atoms with Crippen molar-refractivity contribution in [2.75, 3.05) is 37.8 Å². The minimum atomic E-state index is 0.315. The molecular formula is C20H29ClN6S. The second-order valence-corrected chi connectivity index (χ2v) is 8.51. The summed E-state index contributed by atoms with van der Waals surface area (Å²) in [6, 6.07) is 8.43. The summed E-state index contributed by atoms with van der Waals surface area (Å²) in [5.74, 6) is 0.846. The van der Waals surface area contributed by atoms with E-state index in [0.29, 0.717) is 11.3 Å². The van der Waals surface area contributed by atoms with Crippen molar-refractivity contribution in [1.82, 2.24) is 20.4 Å². The SMILES string of the molecule is CN=C(NCC(SC)c1cccc(Cl)c1)NC1CCCN(c2cnn(C)c2)C1. The van der Waals surface area contributed by atoms with Crippen LogP contribution in [0.4, 0.5) is 5.69 Å². The quantitative estimate of drug-likeness (QED) is 0.554. The monoisotopic (exact) mass is 420 g/mol. The number of benzene rings is 1. The topological polar surface area (TPSA) is 57.5 Å². The molecule has 2 N–H and O–H groups in total. The largest absolute Gasteiger partial charge is 0.367 e. The maximum atomic E-state index is 6.15. The highest BCUT2D eigenvalue weighted by Crippen LogP contribution is 2.27. The summed E-state index contributed by atoms with van der Waals surface area (Å²) < 4.78 is 1.85. The first-order chi connectivity index (χ1) is 13.6. The number of nitrogens with zero attached hydrogens (tertiary/aromatic N) is 4. The number of rotatable bonds is 6. The number of piperidine rings is 1. The average molecular weight is 421 g/mol. The van der Waals surface area contributed by atoms with Gasteiger partial charge in [-0.05, 0) is 36.8 Å². The van der Waals surface area contributed by atoms with Gasteiger partial charge in [-0.3, -0.25) is 9.67 Å². The van der Waals surface area contributed by atoms with Crippen LogP contribution in [0.2, 0.25) is 5.02 Å². The highest BCUT2D eigenvalue weighted by Gasteiger charge is 2.22. The first kappa shape index (κ1) is 20.9. The number of hydrogen-bond acceptors (Lipinski definition) is 4. The molecule has 3 rings (SSSR count).